The van der Waals surface area contributed by atoms with Crippen molar-refractivity contribution in [3.8, 4) is 0 Å². The number of nitrogens with one attached hydrogen (secondary N) is 1. The molecule has 0 amide bonds. The van der Waals surface area contributed by atoms with Gasteiger partial charge in [0, 0.05) is 11.8 Å². The van der Waals surface area contributed by atoms with Crippen LogP contribution in [0.5, 0.6) is 0 Å². The van der Waals surface area contributed by atoms with Crippen LogP contribution in [-0.2, 0) is 9.53 Å². The second-order valence-electron chi connectivity index (χ2n) is 4.82. The number of ether oxygens (including phenoxy) is 1. The van der Waals surface area contributed by atoms with Gasteiger partial charge >= 0.3 is 5.97 Å². The van der Waals surface area contributed by atoms with Gasteiger partial charge in [-0.25, -0.2) is 4.79 Å². The summed E-state index contributed by atoms with van der Waals surface area (Å²) in [7, 11) is 1.26. The average Bonchev–Trinajstić information content (AvgIpc) is 3.03. The van der Waals surface area contributed by atoms with E-state index in [0.717, 1.165) is 11.1 Å². The molecular weight excluding hydrogens is 282 g/mol. The first kappa shape index (κ1) is 15.6. The molecule has 0 radical (unpaired) electrons. The molecule has 114 valence electrons. The number of carbonyl (C=O) groups excluding carboxylic acids is 2. The number of aryl methyl sites for hydroxylation is 2. The van der Waals surface area contributed by atoms with E-state index in [1.165, 1.54) is 25.5 Å². The van der Waals surface area contributed by atoms with Gasteiger partial charge in [0.05, 0.1) is 13.4 Å². The second-order valence-corrected chi connectivity index (χ2v) is 4.82. The zero-order valence-corrected chi connectivity index (χ0v) is 12.7. The van der Waals surface area contributed by atoms with Gasteiger partial charge in [-0.15, -0.1) is 0 Å². The van der Waals surface area contributed by atoms with Gasteiger partial charge in [-0.3, -0.25) is 4.79 Å². The lowest BCUT2D eigenvalue weighted by atomic mass is 10.1. The number of methoxy groups -OCH3 is 1. The van der Waals surface area contributed by atoms with Gasteiger partial charge in [0.15, 0.2) is 5.76 Å². The predicted molar refractivity (Wildman–Crippen MR) is 82.7 cm³/mol. The van der Waals surface area contributed by atoms with Crippen LogP contribution in [0, 0.1) is 13.8 Å². The lowest BCUT2D eigenvalue weighted by Gasteiger charge is -2.10. The third-order valence-electron chi connectivity index (χ3n) is 3.23. The fraction of sp³-hybridized carbons (Fsp3) is 0.176. The van der Waals surface area contributed by atoms with Crippen LogP contribution in [-0.4, -0.2) is 18.9 Å². The molecule has 1 N–H and O–H groups in total. The Morgan fingerprint density at radius 1 is 1.18 bits per heavy atom. The van der Waals surface area contributed by atoms with Crippen LogP contribution in [0.1, 0.15) is 21.7 Å². The highest BCUT2D eigenvalue weighted by Gasteiger charge is 2.15. The standard InChI is InChI=1S/C17H17NO4/c1-11-6-7-13(9-12(11)2)18-14(17(20)21-3)10-15(19)16-5-4-8-22-16/h4-10,18H,1-3H3/b14-10-. The summed E-state index contributed by atoms with van der Waals surface area (Å²) < 4.78 is 9.72. The molecule has 0 spiro atoms. The Kier molecular flexibility index (Phi) is 4.78. The van der Waals surface area contributed by atoms with Gasteiger partial charge in [0.2, 0.25) is 5.78 Å². The van der Waals surface area contributed by atoms with Crippen LogP contribution in [0.15, 0.2) is 52.8 Å². The van der Waals surface area contributed by atoms with Crippen LogP contribution in [0.2, 0.25) is 0 Å². The molecule has 0 bridgehead atoms. The number of allylic oxidation sites excluding steroid dienone is 1. The third-order valence-corrected chi connectivity index (χ3v) is 3.23. The molecule has 1 aromatic carbocycles. The Bertz CT molecular complexity index is 714. The van der Waals surface area contributed by atoms with Crippen molar-refractivity contribution in [1.82, 2.24) is 0 Å². The summed E-state index contributed by atoms with van der Waals surface area (Å²) in [6.45, 7) is 3.96. The van der Waals surface area contributed by atoms with Crippen LogP contribution in [0.3, 0.4) is 0 Å². The normalized spacial score (nSPS) is 11.1. The summed E-state index contributed by atoms with van der Waals surface area (Å²) in [5.74, 6) is -0.886. The van der Waals surface area contributed by atoms with Gasteiger partial charge in [-0.2, -0.15) is 0 Å². The van der Waals surface area contributed by atoms with Crippen LogP contribution < -0.4 is 5.32 Å². The maximum atomic E-state index is 12.0. The van der Waals surface area contributed by atoms with Gasteiger partial charge in [-0.1, -0.05) is 6.07 Å². The molecule has 5 heteroatoms. The summed E-state index contributed by atoms with van der Waals surface area (Å²) in [5.41, 5.74) is 2.96. The van der Waals surface area contributed by atoms with E-state index < -0.39 is 11.8 Å². The van der Waals surface area contributed by atoms with Crippen molar-refractivity contribution in [3.63, 3.8) is 0 Å². The topological polar surface area (TPSA) is 68.5 Å². The first-order valence-electron chi connectivity index (χ1n) is 6.73. The maximum absolute atomic E-state index is 12.0. The van der Waals surface area contributed by atoms with E-state index in [9.17, 15) is 9.59 Å². The highest BCUT2D eigenvalue weighted by molar-refractivity contribution is 6.08. The van der Waals surface area contributed by atoms with Gasteiger partial charge in [0.25, 0.3) is 0 Å². The summed E-state index contributed by atoms with van der Waals surface area (Å²) in [4.78, 5) is 23.9. The second kappa shape index (κ2) is 6.76. The minimum atomic E-state index is -0.627. The fourth-order valence-electron chi connectivity index (χ4n) is 1.85. The molecule has 1 heterocycles. The van der Waals surface area contributed by atoms with E-state index in [1.54, 1.807) is 6.07 Å². The smallest absolute Gasteiger partial charge is 0.354 e. The fourth-order valence-corrected chi connectivity index (χ4v) is 1.85. The molecular formula is C17H17NO4. The van der Waals surface area contributed by atoms with Crippen molar-refractivity contribution >= 4 is 17.4 Å². The molecule has 0 fully saturated rings. The highest BCUT2D eigenvalue weighted by atomic mass is 16.5. The largest absolute Gasteiger partial charge is 0.464 e. The summed E-state index contributed by atoms with van der Waals surface area (Å²) >= 11 is 0. The summed E-state index contributed by atoms with van der Waals surface area (Å²) in [6, 6.07) is 8.79. The van der Waals surface area contributed by atoms with Crippen LogP contribution in [0.25, 0.3) is 0 Å². The van der Waals surface area contributed by atoms with Crippen molar-refractivity contribution < 1.29 is 18.7 Å². The van der Waals surface area contributed by atoms with Gasteiger partial charge in [0.1, 0.15) is 5.70 Å². The van der Waals surface area contributed by atoms with E-state index in [2.05, 4.69) is 5.32 Å². The molecule has 0 saturated heterocycles. The molecule has 0 aliphatic rings. The minimum Gasteiger partial charge on any atom is -0.464 e. The van der Waals surface area contributed by atoms with E-state index in [1.807, 2.05) is 32.0 Å². The zero-order valence-electron chi connectivity index (χ0n) is 12.7. The Balaban J connectivity index is 2.28. The van der Waals surface area contributed by atoms with E-state index in [-0.39, 0.29) is 11.5 Å². The number of rotatable bonds is 5. The molecule has 1 aromatic heterocycles. The Labute approximate surface area is 128 Å². The molecule has 0 saturated carbocycles. The van der Waals surface area contributed by atoms with Crippen LogP contribution >= 0.6 is 0 Å². The van der Waals surface area contributed by atoms with Crippen LogP contribution in [0.4, 0.5) is 5.69 Å². The molecule has 22 heavy (non-hydrogen) atoms. The lowest BCUT2D eigenvalue weighted by molar-refractivity contribution is -0.135. The monoisotopic (exact) mass is 299 g/mol. The first-order chi connectivity index (χ1) is 10.5. The Hall–Kier alpha value is -2.82. The quantitative estimate of drug-likeness (QED) is 0.521. The Morgan fingerprint density at radius 3 is 2.55 bits per heavy atom. The molecule has 0 aliphatic carbocycles. The minimum absolute atomic E-state index is 0.0483. The highest BCUT2D eigenvalue weighted by Crippen LogP contribution is 2.17. The van der Waals surface area contributed by atoms with E-state index >= 15 is 0 Å². The van der Waals surface area contributed by atoms with Gasteiger partial charge < -0.3 is 14.5 Å². The molecule has 0 atom stereocenters. The Morgan fingerprint density at radius 2 is 1.95 bits per heavy atom. The van der Waals surface area contributed by atoms with E-state index in [4.69, 9.17) is 9.15 Å². The zero-order chi connectivity index (χ0) is 16.1. The first-order valence-corrected chi connectivity index (χ1v) is 6.73. The molecule has 0 unspecified atom stereocenters. The van der Waals surface area contributed by atoms with Crippen molar-refractivity contribution in [2.24, 2.45) is 0 Å². The van der Waals surface area contributed by atoms with Crippen molar-refractivity contribution in [1.29, 1.82) is 0 Å². The van der Waals surface area contributed by atoms with Gasteiger partial charge in [-0.05, 0) is 49.2 Å². The molecule has 0 aliphatic heterocycles. The van der Waals surface area contributed by atoms with E-state index in [0.29, 0.717) is 5.69 Å². The maximum Gasteiger partial charge on any atom is 0.354 e. The molecule has 2 aromatic rings. The lowest BCUT2D eigenvalue weighted by Crippen LogP contribution is -2.15. The number of benzene rings is 1. The molecule has 2 rings (SSSR count). The number of anilines is 1. The number of hydrogen-bond donors (Lipinski definition) is 1. The number of carbonyl (C=O) groups is 2. The van der Waals surface area contributed by atoms with Crippen molar-refractivity contribution in [2.45, 2.75) is 13.8 Å². The average molecular weight is 299 g/mol. The third kappa shape index (κ3) is 3.63. The summed E-state index contributed by atoms with van der Waals surface area (Å²) in [5, 5.41) is 2.91. The van der Waals surface area contributed by atoms with Crippen molar-refractivity contribution in [3.05, 3.63) is 65.3 Å². The number of esters is 1. The van der Waals surface area contributed by atoms with Crippen molar-refractivity contribution in [2.75, 3.05) is 12.4 Å². The SMILES string of the molecule is COC(=O)/C(=C/C(=O)c1ccco1)Nc1ccc(C)c(C)c1. The predicted octanol–water partition coefficient (Wildman–Crippen LogP) is 3.25. The number of ketones is 1. The number of hydrogen-bond acceptors (Lipinski definition) is 5. The number of furan rings is 1. The summed E-state index contributed by atoms with van der Waals surface area (Å²) in [6.07, 6.45) is 2.56. The molecule has 5 nitrogen and oxygen atoms in total.